The Morgan fingerprint density at radius 3 is 2.56 bits per heavy atom. The quantitative estimate of drug-likeness (QED) is 0.800. The molecule has 3 heteroatoms. The summed E-state index contributed by atoms with van der Waals surface area (Å²) >= 11 is 0. The molecule has 1 unspecified atom stereocenters. The molecule has 0 radical (unpaired) electrons. The number of benzene rings is 1. The molecule has 0 spiro atoms. The summed E-state index contributed by atoms with van der Waals surface area (Å²) in [4.78, 5) is 0. The average Bonchev–Trinajstić information content (AvgIpc) is 2.29. The highest BCUT2D eigenvalue weighted by molar-refractivity contribution is 5.44. The van der Waals surface area contributed by atoms with Gasteiger partial charge in [0.1, 0.15) is 5.75 Å². The average molecular weight is 222 g/mol. The highest BCUT2D eigenvalue weighted by Gasteiger charge is 2.12. The first-order valence-corrected chi connectivity index (χ1v) is 5.72. The molecule has 0 saturated heterocycles. The van der Waals surface area contributed by atoms with Gasteiger partial charge in [-0.1, -0.05) is 13.0 Å². The predicted molar refractivity (Wildman–Crippen MR) is 67.9 cm³/mol. The van der Waals surface area contributed by atoms with Gasteiger partial charge in [-0.2, -0.15) is 0 Å². The molecule has 0 heterocycles. The lowest BCUT2D eigenvalue weighted by molar-refractivity contribution is 0.411. The van der Waals surface area contributed by atoms with E-state index in [1.165, 1.54) is 16.7 Å². The van der Waals surface area contributed by atoms with Gasteiger partial charge in [-0.05, 0) is 43.1 Å². The fourth-order valence-electron chi connectivity index (χ4n) is 1.85. The summed E-state index contributed by atoms with van der Waals surface area (Å²) in [6.45, 7) is 8.00. The van der Waals surface area contributed by atoms with Crippen molar-refractivity contribution in [3.05, 3.63) is 28.8 Å². The van der Waals surface area contributed by atoms with Crippen molar-refractivity contribution in [1.29, 1.82) is 0 Å². The van der Waals surface area contributed by atoms with E-state index >= 15 is 0 Å². The first-order chi connectivity index (χ1) is 7.61. The monoisotopic (exact) mass is 222 g/mol. The van der Waals surface area contributed by atoms with Gasteiger partial charge in [0.2, 0.25) is 0 Å². The fourth-order valence-corrected chi connectivity index (χ4v) is 1.85. The molecule has 1 aromatic rings. The molecule has 90 valence electrons. The second-order valence-corrected chi connectivity index (χ2v) is 4.02. The van der Waals surface area contributed by atoms with Crippen LogP contribution < -0.4 is 15.8 Å². The largest absolute Gasteiger partial charge is 0.496 e. The molecule has 1 atom stereocenters. The lowest BCUT2D eigenvalue weighted by atomic mass is 9.97. The molecule has 0 amide bonds. The number of nitrogens with one attached hydrogen (secondary N) is 1. The lowest BCUT2D eigenvalue weighted by Crippen LogP contribution is -2.27. The molecule has 1 aromatic carbocycles. The summed E-state index contributed by atoms with van der Waals surface area (Å²) in [7, 11) is 1.69. The van der Waals surface area contributed by atoms with E-state index in [4.69, 9.17) is 10.5 Å². The Balaban J connectivity index is 2.93. The van der Waals surface area contributed by atoms with Gasteiger partial charge in [-0.3, -0.25) is 0 Å². The van der Waals surface area contributed by atoms with E-state index in [1.807, 2.05) is 6.07 Å². The first kappa shape index (κ1) is 13.0. The summed E-state index contributed by atoms with van der Waals surface area (Å²) in [5.74, 6) is 0.928. The second kappa shape index (κ2) is 5.87. The molecule has 0 aliphatic rings. The minimum atomic E-state index is 0.0459. The Labute approximate surface area is 98.0 Å². The molecule has 0 bridgehead atoms. The van der Waals surface area contributed by atoms with Crippen molar-refractivity contribution in [2.24, 2.45) is 5.73 Å². The minimum Gasteiger partial charge on any atom is -0.496 e. The molecule has 0 fully saturated rings. The number of ether oxygens (including phenoxy) is 1. The molecular weight excluding hydrogens is 200 g/mol. The number of likely N-dealkylation sites (N-methyl/N-ethyl adjacent to an activating group) is 1. The molecule has 3 N–H and O–H groups in total. The summed E-state index contributed by atoms with van der Waals surface area (Å²) in [6, 6.07) is 4.09. The van der Waals surface area contributed by atoms with Gasteiger partial charge >= 0.3 is 0 Å². The normalized spacial score (nSPS) is 12.6. The van der Waals surface area contributed by atoms with Crippen LogP contribution in [0.25, 0.3) is 0 Å². The third-order valence-electron chi connectivity index (χ3n) is 3.01. The van der Waals surface area contributed by atoms with Crippen LogP contribution in [0.2, 0.25) is 0 Å². The van der Waals surface area contributed by atoms with E-state index in [2.05, 4.69) is 32.2 Å². The molecule has 0 aromatic heterocycles. The minimum absolute atomic E-state index is 0.0459. The highest BCUT2D eigenvalue weighted by atomic mass is 16.5. The van der Waals surface area contributed by atoms with Crippen molar-refractivity contribution in [1.82, 2.24) is 5.32 Å². The fraction of sp³-hybridized carbons (Fsp3) is 0.538. The van der Waals surface area contributed by atoms with Crippen LogP contribution in [0.1, 0.15) is 29.7 Å². The third kappa shape index (κ3) is 2.74. The standard InChI is InChI=1S/C13H22N2O/c1-5-15-8-12(14)11-6-7-13(16-4)10(3)9(11)2/h6-7,12,15H,5,8,14H2,1-4H3. The van der Waals surface area contributed by atoms with Crippen LogP contribution in [0.4, 0.5) is 0 Å². The Kier molecular flexibility index (Phi) is 4.77. The van der Waals surface area contributed by atoms with E-state index in [0.29, 0.717) is 0 Å². The van der Waals surface area contributed by atoms with Crippen LogP contribution in [-0.2, 0) is 0 Å². The molecular formula is C13H22N2O. The van der Waals surface area contributed by atoms with Crippen molar-refractivity contribution >= 4 is 0 Å². The zero-order valence-corrected chi connectivity index (χ0v) is 10.6. The van der Waals surface area contributed by atoms with Crippen molar-refractivity contribution in [2.75, 3.05) is 20.2 Å². The van der Waals surface area contributed by atoms with E-state index in [9.17, 15) is 0 Å². The zero-order valence-electron chi connectivity index (χ0n) is 10.6. The van der Waals surface area contributed by atoms with Crippen molar-refractivity contribution in [3.63, 3.8) is 0 Å². The van der Waals surface area contributed by atoms with E-state index in [0.717, 1.165) is 18.8 Å². The van der Waals surface area contributed by atoms with Crippen LogP contribution >= 0.6 is 0 Å². The van der Waals surface area contributed by atoms with Gasteiger partial charge in [-0.15, -0.1) is 0 Å². The number of methoxy groups -OCH3 is 1. The maximum atomic E-state index is 6.14. The summed E-state index contributed by atoms with van der Waals surface area (Å²) in [5, 5.41) is 3.27. The molecule has 0 aliphatic heterocycles. The number of hydrogen-bond donors (Lipinski definition) is 2. The second-order valence-electron chi connectivity index (χ2n) is 4.02. The third-order valence-corrected chi connectivity index (χ3v) is 3.01. The maximum Gasteiger partial charge on any atom is 0.122 e. The smallest absolute Gasteiger partial charge is 0.122 e. The van der Waals surface area contributed by atoms with Crippen LogP contribution in [0.5, 0.6) is 5.75 Å². The van der Waals surface area contributed by atoms with E-state index in [-0.39, 0.29) is 6.04 Å². The Morgan fingerprint density at radius 2 is 2.00 bits per heavy atom. The van der Waals surface area contributed by atoms with Gasteiger partial charge in [0.15, 0.2) is 0 Å². The Hall–Kier alpha value is -1.06. The van der Waals surface area contributed by atoms with Crippen molar-refractivity contribution in [3.8, 4) is 5.75 Å². The number of nitrogens with two attached hydrogens (primary N) is 1. The number of rotatable bonds is 5. The van der Waals surface area contributed by atoms with Crippen molar-refractivity contribution in [2.45, 2.75) is 26.8 Å². The predicted octanol–water partition coefficient (Wildman–Crippen LogP) is 1.92. The SMILES string of the molecule is CCNCC(N)c1ccc(OC)c(C)c1C. The van der Waals surface area contributed by atoms with E-state index in [1.54, 1.807) is 7.11 Å². The lowest BCUT2D eigenvalue weighted by Gasteiger charge is -2.18. The molecule has 0 saturated carbocycles. The van der Waals surface area contributed by atoms with Gasteiger partial charge in [-0.25, -0.2) is 0 Å². The topological polar surface area (TPSA) is 47.3 Å². The van der Waals surface area contributed by atoms with Crippen LogP contribution in [0, 0.1) is 13.8 Å². The Bertz CT molecular complexity index is 350. The van der Waals surface area contributed by atoms with Crippen LogP contribution in [0.3, 0.4) is 0 Å². The first-order valence-electron chi connectivity index (χ1n) is 5.72. The van der Waals surface area contributed by atoms with Crippen molar-refractivity contribution < 1.29 is 4.74 Å². The van der Waals surface area contributed by atoms with Crippen LogP contribution in [0.15, 0.2) is 12.1 Å². The zero-order chi connectivity index (χ0) is 12.1. The molecule has 16 heavy (non-hydrogen) atoms. The maximum absolute atomic E-state index is 6.14. The van der Waals surface area contributed by atoms with Gasteiger partial charge in [0, 0.05) is 12.6 Å². The molecule has 1 rings (SSSR count). The Morgan fingerprint density at radius 1 is 1.31 bits per heavy atom. The summed E-state index contributed by atoms with van der Waals surface area (Å²) < 4.78 is 5.29. The molecule has 0 aliphatic carbocycles. The van der Waals surface area contributed by atoms with Gasteiger partial charge in [0.05, 0.1) is 7.11 Å². The van der Waals surface area contributed by atoms with E-state index < -0.39 is 0 Å². The summed E-state index contributed by atoms with van der Waals surface area (Å²) in [6.07, 6.45) is 0. The van der Waals surface area contributed by atoms with Crippen LogP contribution in [-0.4, -0.2) is 20.2 Å². The van der Waals surface area contributed by atoms with Gasteiger partial charge < -0.3 is 15.8 Å². The number of hydrogen-bond acceptors (Lipinski definition) is 3. The summed E-state index contributed by atoms with van der Waals surface area (Å²) in [5.41, 5.74) is 9.73. The van der Waals surface area contributed by atoms with Gasteiger partial charge in [0.25, 0.3) is 0 Å². The molecule has 3 nitrogen and oxygen atoms in total. The highest BCUT2D eigenvalue weighted by Crippen LogP contribution is 2.26.